The maximum absolute atomic E-state index is 12.2. The van der Waals surface area contributed by atoms with E-state index in [2.05, 4.69) is 28.5 Å². The number of carbonyl (C=O) groups excluding carboxylic acids is 1. The Morgan fingerprint density at radius 3 is 2.65 bits per heavy atom. The highest BCUT2D eigenvalue weighted by Gasteiger charge is 2.38. The molecule has 0 bridgehead atoms. The molecule has 2 unspecified atom stereocenters. The number of benzene rings is 1. The second kappa shape index (κ2) is 6.52. The summed E-state index contributed by atoms with van der Waals surface area (Å²) in [6.07, 6.45) is 3.94. The molecule has 2 aliphatic rings. The number of aryl methyl sites for hydroxylation is 1. The number of hydrogen-bond donors (Lipinski definition) is 2. The topological polar surface area (TPSA) is 44.4 Å². The van der Waals surface area contributed by atoms with Crippen molar-refractivity contribution in [2.45, 2.75) is 71.1 Å². The lowest BCUT2D eigenvalue weighted by Gasteiger charge is -2.20. The van der Waals surface area contributed by atoms with Gasteiger partial charge in [0.15, 0.2) is 0 Å². The normalized spacial score (nSPS) is 24.9. The Labute approximate surface area is 139 Å². The zero-order chi connectivity index (χ0) is 16.6. The molecule has 1 aromatic rings. The van der Waals surface area contributed by atoms with E-state index in [0.717, 1.165) is 29.4 Å². The highest BCUT2D eigenvalue weighted by molar-refractivity contribution is 5.96. The number of nitrogens with zero attached hydrogens (tertiary/aromatic N) is 1. The molecule has 1 heterocycles. The van der Waals surface area contributed by atoms with Gasteiger partial charge in [0, 0.05) is 42.0 Å². The Bertz CT molecular complexity index is 580. The summed E-state index contributed by atoms with van der Waals surface area (Å²) >= 11 is 0. The summed E-state index contributed by atoms with van der Waals surface area (Å²) in [6, 6.07) is 8.25. The summed E-state index contributed by atoms with van der Waals surface area (Å²) in [4.78, 5) is 14.8. The van der Waals surface area contributed by atoms with Gasteiger partial charge in [-0.2, -0.15) is 0 Å². The highest BCUT2D eigenvalue weighted by atomic mass is 16.1. The monoisotopic (exact) mass is 315 g/mol. The standard InChI is InChI=1S/C19H29N3O/c1-12(2)20-19(23)18-8-5-15(9-13(18)3)21-16-10-14(4)22(11-16)17-6-7-17/h5,8-9,12,14,16-17,21H,6-7,10-11H2,1-4H3,(H,20,23). The SMILES string of the molecule is Cc1cc(NC2CC(C)N(C3CC3)C2)ccc1C(=O)NC(C)C. The zero-order valence-corrected chi connectivity index (χ0v) is 14.7. The molecule has 4 nitrogen and oxygen atoms in total. The molecular weight excluding hydrogens is 286 g/mol. The lowest BCUT2D eigenvalue weighted by Crippen LogP contribution is -2.31. The third kappa shape index (κ3) is 3.86. The van der Waals surface area contributed by atoms with E-state index in [-0.39, 0.29) is 11.9 Å². The van der Waals surface area contributed by atoms with Gasteiger partial charge in [0.1, 0.15) is 0 Å². The molecule has 2 N–H and O–H groups in total. The first-order chi connectivity index (χ1) is 10.9. The minimum Gasteiger partial charge on any atom is -0.381 e. The van der Waals surface area contributed by atoms with Crippen LogP contribution >= 0.6 is 0 Å². The van der Waals surface area contributed by atoms with Gasteiger partial charge in [-0.05, 0) is 70.7 Å². The summed E-state index contributed by atoms with van der Waals surface area (Å²) in [5.74, 6) is 0.0125. The minimum absolute atomic E-state index is 0.0125. The van der Waals surface area contributed by atoms with Crippen LogP contribution < -0.4 is 10.6 Å². The molecule has 2 atom stereocenters. The van der Waals surface area contributed by atoms with Gasteiger partial charge in [0.05, 0.1) is 0 Å². The Morgan fingerprint density at radius 2 is 2.04 bits per heavy atom. The minimum atomic E-state index is 0.0125. The van der Waals surface area contributed by atoms with Crippen molar-refractivity contribution in [1.29, 1.82) is 0 Å². The smallest absolute Gasteiger partial charge is 0.251 e. The molecule has 1 saturated carbocycles. The van der Waals surface area contributed by atoms with Crippen molar-refractivity contribution >= 4 is 11.6 Å². The van der Waals surface area contributed by atoms with E-state index in [4.69, 9.17) is 0 Å². The summed E-state index contributed by atoms with van der Waals surface area (Å²) in [6.45, 7) is 9.45. The first kappa shape index (κ1) is 16.3. The van der Waals surface area contributed by atoms with Gasteiger partial charge in [0.2, 0.25) is 0 Å². The van der Waals surface area contributed by atoms with Crippen LogP contribution in [-0.4, -0.2) is 41.5 Å². The fraction of sp³-hybridized carbons (Fsp3) is 0.632. The van der Waals surface area contributed by atoms with E-state index < -0.39 is 0 Å². The summed E-state index contributed by atoms with van der Waals surface area (Å²) in [7, 11) is 0. The van der Waals surface area contributed by atoms with Crippen molar-refractivity contribution in [2.75, 3.05) is 11.9 Å². The fourth-order valence-electron chi connectivity index (χ4n) is 3.66. The van der Waals surface area contributed by atoms with Crippen LogP contribution in [0.2, 0.25) is 0 Å². The first-order valence-corrected chi connectivity index (χ1v) is 8.88. The van der Waals surface area contributed by atoms with Gasteiger partial charge < -0.3 is 10.6 Å². The van der Waals surface area contributed by atoms with Gasteiger partial charge in [0.25, 0.3) is 5.91 Å². The largest absolute Gasteiger partial charge is 0.381 e. The van der Waals surface area contributed by atoms with Crippen LogP contribution in [0.4, 0.5) is 5.69 Å². The maximum Gasteiger partial charge on any atom is 0.251 e. The van der Waals surface area contributed by atoms with E-state index in [0.29, 0.717) is 12.1 Å². The van der Waals surface area contributed by atoms with Crippen LogP contribution in [0.3, 0.4) is 0 Å². The lowest BCUT2D eigenvalue weighted by atomic mass is 10.1. The zero-order valence-electron chi connectivity index (χ0n) is 14.7. The van der Waals surface area contributed by atoms with Crippen LogP contribution in [0.1, 0.15) is 56.0 Å². The first-order valence-electron chi connectivity index (χ1n) is 8.88. The number of hydrogen-bond acceptors (Lipinski definition) is 3. The fourth-order valence-corrected chi connectivity index (χ4v) is 3.66. The van der Waals surface area contributed by atoms with Gasteiger partial charge in [-0.15, -0.1) is 0 Å². The number of amides is 1. The number of nitrogens with one attached hydrogen (secondary N) is 2. The molecule has 23 heavy (non-hydrogen) atoms. The molecule has 1 saturated heterocycles. The molecule has 0 spiro atoms. The van der Waals surface area contributed by atoms with Gasteiger partial charge in [-0.25, -0.2) is 0 Å². The number of likely N-dealkylation sites (tertiary alicyclic amines) is 1. The Hall–Kier alpha value is -1.55. The van der Waals surface area contributed by atoms with Crippen LogP contribution in [-0.2, 0) is 0 Å². The third-order valence-corrected chi connectivity index (χ3v) is 4.90. The number of carbonyl (C=O) groups is 1. The maximum atomic E-state index is 12.2. The van der Waals surface area contributed by atoms with Crippen molar-refractivity contribution < 1.29 is 4.79 Å². The summed E-state index contributed by atoms with van der Waals surface area (Å²) in [5.41, 5.74) is 2.92. The van der Waals surface area contributed by atoms with Crippen LogP contribution in [0.25, 0.3) is 0 Å². The van der Waals surface area contributed by atoms with E-state index in [1.807, 2.05) is 32.9 Å². The Balaban J connectivity index is 1.63. The van der Waals surface area contributed by atoms with Crippen molar-refractivity contribution in [2.24, 2.45) is 0 Å². The quantitative estimate of drug-likeness (QED) is 0.877. The summed E-state index contributed by atoms with van der Waals surface area (Å²) in [5, 5.41) is 6.62. The number of anilines is 1. The van der Waals surface area contributed by atoms with Crippen molar-refractivity contribution in [3.63, 3.8) is 0 Å². The Kier molecular flexibility index (Phi) is 4.62. The highest BCUT2D eigenvalue weighted by Crippen LogP contribution is 2.34. The van der Waals surface area contributed by atoms with Gasteiger partial charge >= 0.3 is 0 Å². The summed E-state index contributed by atoms with van der Waals surface area (Å²) < 4.78 is 0. The molecule has 3 rings (SSSR count). The van der Waals surface area contributed by atoms with E-state index in [1.54, 1.807) is 0 Å². The predicted octanol–water partition coefficient (Wildman–Crippen LogP) is 3.17. The second-order valence-corrected chi connectivity index (χ2v) is 7.51. The molecule has 1 amide bonds. The molecule has 1 aliphatic carbocycles. The molecule has 126 valence electrons. The van der Waals surface area contributed by atoms with Gasteiger partial charge in [-0.1, -0.05) is 0 Å². The van der Waals surface area contributed by atoms with Crippen LogP contribution in [0.5, 0.6) is 0 Å². The average molecular weight is 315 g/mol. The third-order valence-electron chi connectivity index (χ3n) is 4.90. The molecule has 0 radical (unpaired) electrons. The van der Waals surface area contributed by atoms with Crippen molar-refractivity contribution in [3.05, 3.63) is 29.3 Å². The number of rotatable bonds is 5. The molecule has 0 aromatic heterocycles. The predicted molar refractivity (Wildman–Crippen MR) is 95.0 cm³/mol. The second-order valence-electron chi connectivity index (χ2n) is 7.51. The van der Waals surface area contributed by atoms with E-state index in [9.17, 15) is 4.79 Å². The van der Waals surface area contributed by atoms with Crippen molar-refractivity contribution in [1.82, 2.24) is 10.2 Å². The molecule has 1 aliphatic heterocycles. The van der Waals surface area contributed by atoms with Gasteiger partial charge in [-0.3, -0.25) is 9.69 Å². The van der Waals surface area contributed by atoms with Crippen molar-refractivity contribution in [3.8, 4) is 0 Å². The van der Waals surface area contributed by atoms with E-state index in [1.165, 1.54) is 19.3 Å². The molecule has 4 heteroatoms. The Morgan fingerprint density at radius 1 is 1.30 bits per heavy atom. The molecule has 1 aromatic carbocycles. The molecule has 2 fully saturated rings. The average Bonchev–Trinajstić information content (AvgIpc) is 3.22. The lowest BCUT2D eigenvalue weighted by molar-refractivity contribution is 0.0942. The van der Waals surface area contributed by atoms with E-state index >= 15 is 0 Å². The van der Waals surface area contributed by atoms with Crippen LogP contribution in [0, 0.1) is 6.92 Å². The van der Waals surface area contributed by atoms with Crippen LogP contribution in [0.15, 0.2) is 18.2 Å². The molecular formula is C19H29N3O.